The standard InChI is InChI=1S/C10H15N5O2S2/c1-2-11-5-8-9(3-4-18-8)19(16,17)14-6-10-12-7-13-15-10/h3-4,7,11,14H,2,5-6H2,1H3,(H,12,13,15). The number of nitrogens with zero attached hydrogens (tertiary/aromatic N) is 2. The Hall–Kier alpha value is -1.29. The van der Waals surface area contributed by atoms with Crippen LogP contribution in [0.5, 0.6) is 0 Å². The Morgan fingerprint density at radius 2 is 2.26 bits per heavy atom. The van der Waals surface area contributed by atoms with E-state index >= 15 is 0 Å². The molecule has 0 aliphatic rings. The fourth-order valence-corrected chi connectivity index (χ4v) is 3.89. The summed E-state index contributed by atoms with van der Waals surface area (Å²) in [4.78, 5) is 4.98. The fraction of sp³-hybridized carbons (Fsp3) is 0.400. The van der Waals surface area contributed by atoms with Gasteiger partial charge in [0.25, 0.3) is 0 Å². The highest BCUT2D eigenvalue weighted by molar-refractivity contribution is 7.89. The van der Waals surface area contributed by atoms with Gasteiger partial charge in [-0.1, -0.05) is 6.92 Å². The molecule has 2 aromatic heterocycles. The Kier molecular flexibility index (Phi) is 4.64. The summed E-state index contributed by atoms with van der Waals surface area (Å²) in [5, 5.41) is 11.2. The van der Waals surface area contributed by atoms with Crippen molar-refractivity contribution in [3.8, 4) is 0 Å². The van der Waals surface area contributed by atoms with Crippen molar-refractivity contribution in [2.24, 2.45) is 0 Å². The predicted molar refractivity (Wildman–Crippen MR) is 72.1 cm³/mol. The Bertz CT molecular complexity index is 606. The molecule has 2 rings (SSSR count). The van der Waals surface area contributed by atoms with Crippen molar-refractivity contribution in [2.75, 3.05) is 6.54 Å². The Balaban J connectivity index is 2.08. The summed E-state index contributed by atoms with van der Waals surface area (Å²) in [5.74, 6) is 0.479. The van der Waals surface area contributed by atoms with Crippen LogP contribution in [0.3, 0.4) is 0 Å². The number of hydrogen-bond donors (Lipinski definition) is 3. The van der Waals surface area contributed by atoms with Gasteiger partial charge in [0.15, 0.2) is 0 Å². The van der Waals surface area contributed by atoms with E-state index < -0.39 is 10.0 Å². The molecule has 19 heavy (non-hydrogen) atoms. The van der Waals surface area contributed by atoms with Gasteiger partial charge in [-0.2, -0.15) is 5.10 Å². The zero-order valence-electron chi connectivity index (χ0n) is 10.4. The molecule has 0 spiro atoms. The molecule has 0 bridgehead atoms. The molecule has 9 heteroatoms. The Morgan fingerprint density at radius 1 is 1.42 bits per heavy atom. The molecule has 0 aliphatic carbocycles. The molecule has 0 saturated carbocycles. The van der Waals surface area contributed by atoms with Crippen LogP contribution in [0.1, 0.15) is 17.6 Å². The maximum atomic E-state index is 12.2. The molecule has 2 aromatic rings. The van der Waals surface area contributed by atoms with Crippen LogP contribution in [0.4, 0.5) is 0 Å². The summed E-state index contributed by atoms with van der Waals surface area (Å²) < 4.78 is 26.9. The van der Waals surface area contributed by atoms with Gasteiger partial charge in [0.2, 0.25) is 10.0 Å². The molecule has 0 aromatic carbocycles. The Morgan fingerprint density at radius 3 is 2.95 bits per heavy atom. The van der Waals surface area contributed by atoms with Crippen LogP contribution in [0.25, 0.3) is 0 Å². The molecule has 3 N–H and O–H groups in total. The zero-order valence-corrected chi connectivity index (χ0v) is 12.0. The summed E-state index contributed by atoms with van der Waals surface area (Å²) in [6, 6.07) is 1.61. The van der Waals surface area contributed by atoms with E-state index in [0.29, 0.717) is 17.3 Å². The van der Waals surface area contributed by atoms with Crippen LogP contribution in [0, 0.1) is 0 Å². The van der Waals surface area contributed by atoms with E-state index in [-0.39, 0.29) is 6.54 Å². The molecule has 104 valence electrons. The van der Waals surface area contributed by atoms with E-state index in [9.17, 15) is 8.42 Å². The Labute approximate surface area is 115 Å². The number of nitrogens with one attached hydrogen (secondary N) is 3. The summed E-state index contributed by atoms with van der Waals surface area (Å²) in [6.07, 6.45) is 1.34. The third kappa shape index (κ3) is 3.60. The van der Waals surface area contributed by atoms with Gasteiger partial charge < -0.3 is 5.32 Å². The topological polar surface area (TPSA) is 99.8 Å². The van der Waals surface area contributed by atoms with Gasteiger partial charge in [-0.3, -0.25) is 5.10 Å². The van der Waals surface area contributed by atoms with Crippen molar-refractivity contribution < 1.29 is 8.42 Å². The van der Waals surface area contributed by atoms with Gasteiger partial charge >= 0.3 is 0 Å². The average molecular weight is 301 g/mol. The third-order valence-corrected chi connectivity index (χ3v) is 4.96. The fourth-order valence-electron chi connectivity index (χ4n) is 1.49. The molecule has 0 radical (unpaired) electrons. The summed E-state index contributed by atoms with van der Waals surface area (Å²) in [6.45, 7) is 3.42. The van der Waals surface area contributed by atoms with Crippen molar-refractivity contribution in [1.29, 1.82) is 0 Å². The van der Waals surface area contributed by atoms with Crippen LogP contribution in [0.15, 0.2) is 22.7 Å². The lowest BCUT2D eigenvalue weighted by Gasteiger charge is -2.06. The molecule has 0 aliphatic heterocycles. The van der Waals surface area contributed by atoms with Crippen LogP contribution in [-0.2, 0) is 23.1 Å². The molecule has 0 atom stereocenters. The minimum Gasteiger partial charge on any atom is -0.312 e. The van der Waals surface area contributed by atoms with Gasteiger partial charge in [-0.15, -0.1) is 11.3 Å². The number of H-pyrrole nitrogens is 1. The first-order valence-corrected chi connectivity index (χ1v) is 8.10. The maximum Gasteiger partial charge on any atom is 0.242 e. The maximum absolute atomic E-state index is 12.2. The molecule has 7 nitrogen and oxygen atoms in total. The van der Waals surface area contributed by atoms with Gasteiger partial charge in [0.05, 0.1) is 11.4 Å². The number of hydrogen-bond acceptors (Lipinski definition) is 6. The lowest BCUT2D eigenvalue weighted by atomic mass is 10.4. The summed E-state index contributed by atoms with van der Waals surface area (Å²) in [5.41, 5.74) is 0. The highest BCUT2D eigenvalue weighted by atomic mass is 32.2. The zero-order chi connectivity index (χ0) is 13.7. The largest absolute Gasteiger partial charge is 0.312 e. The van der Waals surface area contributed by atoms with Crippen molar-refractivity contribution in [3.05, 3.63) is 28.5 Å². The smallest absolute Gasteiger partial charge is 0.242 e. The number of sulfonamides is 1. The molecule has 0 unspecified atom stereocenters. The minimum absolute atomic E-state index is 0.0961. The van der Waals surface area contributed by atoms with Crippen molar-refractivity contribution in [1.82, 2.24) is 25.2 Å². The highest BCUT2D eigenvalue weighted by Gasteiger charge is 2.19. The molecular weight excluding hydrogens is 286 g/mol. The number of aromatic nitrogens is 3. The van der Waals surface area contributed by atoms with E-state index in [4.69, 9.17) is 0 Å². The predicted octanol–water partition coefficient (Wildman–Crippen LogP) is 0.454. The van der Waals surface area contributed by atoms with E-state index in [1.165, 1.54) is 17.7 Å². The van der Waals surface area contributed by atoms with E-state index in [1.54, 1.807) is 11.4 Å². The summed E-state index contributed by atoms with van der Waals surface area (Å²) in [7, 11) is -3.52. The van der Waals surface area contributed by atoms with Crippen LogP contribution >= 0.6 is 11.3 Å². The first-order chi connectivity index (χ1) is 9.13. The second-order valence-corrected chi connectivity index (χ2v) is 6.48. The second kappa shape index (κ2) is 6.24. The molecule has 0 fully saturated rings. The van der Waals surface area contributed by atoms with E-state index in [0.717, 1.165) is 11.4 Å². The number of thiophene rings is 1. The van der Waals surface area contributed by atoms with Crippen LogP contribution in [0.2, 0.25) is 0 Å². The first kappa shape index (κ1) is 14.1. The SMILES string of the molecule is CCNCc1sccc1S(=O)(=O)NCc1ncn[nH]1. The number of aromatic amines is 1. The molecular formula is C10H15N5O2S2. The summed E-state index contributed by atoms with van der Waals surface area (Å²) >= 11 is 1.42. The quantitative estimate of drug-likeness (QED) is 0.689. The lowest BCUT2D eigenvalue weighted by molar-refractivity contribution is 0.578. The molecule has 0 amide bonds. The van der Waals surface area contributed by atoms with Crippen LogP contribution in [-0.4, -0.2) is 30.1 Å². The normalized spacial score (nSPS) is 11.8. The van der Waals surface area contributed by atoms with Crippen LogP contribution < -0.4 is 10.0 Å². The van der Waals surface area contributed by atoms with E-state index in [2.05, 4.69) is 25.2 Å². The van der Waals surface area contributed by atoms with Gasteiger partial charge in [0, 0.05) is 11.4 Å². The number of rotatable bonds is 7. The minimum atomic E-state index is -3.52. The average Bonchev–Trinajstić information content (AvgIpc) is 3.05. The van der Waals surface area contributed by atoms with Gasteiger partial charge in [-0.25, -0.2) is 18.1 Å². The van der Waals surface area contributed by atoms with Crippen molar-refractivity contribution >= 4 is 21.4 Å². The van der Waals surface area contributed by atoms with Gasteiger partial charge in [0.1, 0.15) is 12.2 Å². The first-order valence-electron chi connectivity index (χ1n) is 5.74. The van der Waals surface area contributed by atoms with Crippen molar-refractivity contribution in [2.45, 2.75) is 24.9 Å². The molecule has 2 heterocycles. The molecule has 0 saturated heterocycles. The van der Waals surface area contributed by atoms with Gasteiger partial charge in [-0.05, 0) is 18.0 Å². The van der Waals surface area contributed by atoms with Crippen molar-refractivity contribution in [3.63, 3.8) is 0 Å². The lowest BCUT2D eigenvalue weighted by Crippen LogP contribution is -2.25. The van der Waals surface area contributed by atoms with E-state index in [1.807, 2.05) is 6.92 Å². The highest BCUT2D eigenvalue weighted by Crippen LogP contribution is 2.21. The third-order valence-electron chi connectivity index (χ3n) is 2.42. The second-order valence-electron chi connectivity index (χ2n) is 3.75. The monoisotopic (exact) mass is 301 g/mol.